The van der Waals surface area contributed by atoms with Crippen molar-refractivity contribution in [1.29, 1.82) is 0 Å². The van der Waals surface area contributed by atoms with Crippen molar-refractivity contribution in [3.8, 4) is 0 Å². The summed E-state index contributed by atoms with van der Waals surface area (Å²) in [5, 5.41) is 9.42. The van der Waals surface area contributed by atoms with E-state index in [-0.39, 0.29) is 24.6 Å². The van der Waals surface area contributed by atoms with Gasteiger partial charge in [-0.25, -0.2) is 0 Å². The van der Waals surface area contributed by atoms with E-state index < -0.39 is 0 Å². The van der Waals surface area contributed by atoms with Crippen molar-refractivity contribution in [2.75, 3.05) is 19.7 Å². The molecule has 0 aromatic heterocycles. The van der Waals surface area contributed by atoms with Gasteiger partial charge in [0.25, 0.3) is 0 Å². The van der Waals surface area contributed by atoms with E-state index in [1.165, 1.54) is 64.2 Å². The first-order valence-electron chi connectivity index (χ1n) is 19.1. The smallest absolute Gasteiger partial charge is 0.306 e. The number of amides is 1. The molecule has 0 aliphatic heterocycles. The van der Waals surface area contributed by atoms with Gasteiger partial charge >= 0.3 is 5.97 Å². The Kier molecular flexibility index (Phi) is 31.9. The molecular formula is C38H73NO5. The second-order valence-corrected chi connectivity index (χ2v) is 13.0. The van der Waals surface area contributed by atoms with Gasteiger partial charge in [-0.1, -0.05) is 117 Å². The van der Waals surface area contributed by atoms with Gasteiger partial charge in [-0.3, -0.25) is 14.4 Å². The van der Waals surface area contributed by atoms with Gasteiger partial charge in [-0.2, -0.15) is 0 Å². The number of rotatable bonds is 34. The standard InChI is InChI=1S/C38H73NO5/c1-4-7-10-12-15-20-28-36(29-21-16-13-11-8-5-2)44-38(43)31-22-17-14-18-25-32-39(33-34-40)37(42)30-24-23-27-35(41)26-19-9-6-3/h36,40H,4-34H2,1-3H3. The van der Waals surface area contributed by atoms with Gasteiger partial charge in [0.05, 0.1) is 6.61 Å². The molecule has 260 valence electrons. The second kappa shape index (κ2) is 32.9. The van der Waals surface area contributed by atoms with E-state index in [1.807, 2.05) is 0 Å². The lowest BCUT2D eigenvalue weighted by atomic mass is 10.0. The molecule has 0 spiro atoms. The number of esters is 1. The topological polar surface area (TPSA) is 83.9 Å². The van der Waals surface area contributed by atoms with Crippen LogP contribution in [0.5, 0.6) is 0 Å². The normalized spacial score (nSPS) is 11.3. The summed E-state index contributed by atoms with van der Waals surface area (Å²) in [6, 6.07) is 0. The molecule has 0 radical (unpaired) electrons. The lowest BCUT2D eigenvalue weighted by Gasteiger charge is -2.22. The monoisotopic (exact) mass is 624 g/mol. The Balaban J connectivity index is 4.18. The number of carbonyl (C=O) groups is 3. The Labute approximate surface area is 272 Å². The fourth-order valence-corrected chi connectivity index (χ4v) is 5.85. The average molecular weight is 624 g/mol. The minimum absolute atomic E-state index is 0.0253. The Morgan fingerprint density at radius 3 is 1.52 bits per heavy atom. The third kappa shape index (κ3) is 28.1. The van der Waals surface area contributed by atoms with Gasteiger partial charge in [-0.05, 0) is 57.8 Å². The number of Topliss-reactive ketones (excluding diaryl/α,β-unsaturated/α-hetero) is 1. The molecule has 0 saturated carbocycles. The lowest BCUT2D eigenvalue weighted by molar-refractivity contribution is -0.150. The Hall–Kier alpha value is -1.43. The van der Waals surface area contributed by atoms with E-state index >= 15 is 0 Å². The molecule has 0 aliphatic rings. The van der Waals surface area contributed by atoms with Crippen molar-refractivity contribution in [3.05, 3.63) is 0 Å². The van der Waals surface area contributed by atoms with Crippen LogP contribution in [0.25, 0.3) is 0 Å². The van der Waals surface area contributed by atoms with Crippen LogP contribution in [0.15, 0.2) is 0 Å². The molecule has 1 N–H and O–H groups in total. The van der Waals surface area contributed by atoms with Crippen molar-refractivity contribution >= 4 is 17.7 Å². The Morgan fingerprint density at radius 2 is 0.955 bits per heavy atom. The minimum Gasteiger partial charge on any atom is -0.462 e. The van der Waals surface area contributed by atoms with Gasteiger partial charge in [0.15, 0.2) is 0 Å². The van der Waals surface area contributed by atoms with Gasteiger partial charge in [0.1, 0.15) is 11.9 Å². The average Bonchev–Trinajstić information content (AvgIpc) is 3.01. The van der Waals surface area contributed by atoms with Crippen molar-refractivity contribution < 1.29 is 24.2 Å². The molecule has 0 unspecified atom stereocenters. The molecular weight excluding hydrogens is 550 g/mol. The quantitative estimate of drug-likeness (QED) is 0.0569. The number of aliphatic hydroxyl groups excluding tert-OH is 1. The van der Waals surface area contributed by atoms with Crippen LogP contribution in [0.2, 0.25) is 0 Å². The molecule has 1 amide bonds. The summed E-state index contributed by atoms with van der Waals surface area (Å²) in [6.07, 6.45) is 29.0. The maximum atomic E-state index is 12.6. The number of aliphatic hydroxyl groups is 1. The molecule has 0 rings (SSSR count). The molecule has 6 nitrogen and oxygen atoms in total. The zero-order valence-corrected chi connectivity index (χ0v) is 29.5. The van der Waals surface area contributed by atoms with Gasteiger partial charge in [-0.15, -0.1) is 0 Å². The van der Waals surface area contributed by atoms with E-state index in [0.717, 1.165) is 89.9 Å². The number of hydrogen-bond donors (Lipinski definition) is 1. The highest BCUT2D eigenvalue weighted by atomic mass is 16.5. The highest BCUT2D eigenvalue weighted by Gasteiger charge is 2.15. The number of hydrogen-bond acceptors (Lipinski definition) is 5. The lowest BCUT2D eigenvalue weighted by Crippen LogP contribution is -2.34. The highest BCUT2D eigenvalue weighted by Crippen LogP contribution is 2.18. The molecule has 0 fully saturated rings. The zero-order chi connectivity index (χ0) is 32.5. The first-order chi connectivity index (χ1) is 21.5. The van der Waals surface area contributed by atoms with E-state index in [0.29, 0.717) is 44.6 Å². The van der Waals surface area contributed by atoms with Gasteiger partial charge in [0.2, 0.25) is 5.91 Å². The minimum atomic E-state index is -0.0330. The van der Waals surface area contributed by atoms with E-state index in [2.05, 4.69) is 20.8 Å². The Morgan fingerprint density at radius 1 is 0.523 bits per heavy atom. The summed E-state index contributed by atoms with van der Waals surface area (Å²) < 4.78 is 5.97. The Bertz CT molecular complexity index is 652. The maximum absolute atomic E-state index is 12.6. The summed E-state index contributed by atoms with van der Waals surface area (Å²) in [4.78, 5) is 39.0. The van der Waals surface area contributed by atoms with Crippen molar-refractivity contribution in [3.63, 3.8) is 0 Å². The van der Waals surface area contributed by atoms with Crippen LogP contribution in [-0.4, -0.2) is 53.5 Å². The van der Waals surface area contributed by atoms with Gasteiger partial charge in [0, 0.05) is 38.8 Å². The molecule has 44 heavy (non-hydrogen) atoms. The van der Waals surface area contributed by atoms with Crippen LogP contribution >= 0.6 is 0 Å². The largest absolute Gasteiger partial charge is 0.462 e. The van der Waals surface area contributed by atoms with Crippen LogP contribution in [0.4, 0.5) is 0 Å². The number of ketones is 1. The molecule has 0 aromatic carbocycles. The van der Waals surface area contributed by atoms with Gasteiger partial charge < -0.3 is 14.7 Å². The van der Waals surface area contributed by atoms with Crippen LogP contribution < -0.4 is 0 Å². The number of unbranched alkanes of at least 4 members (excludes halogenated alkanes) is 17. The molecule has 0 saturated heterocycles. The van der Waals surface area contributed by atoms with Crippen LogP contribution in [0.1, 0.15) is 201 Å². The van der Waals surface area contributed by atoms with Crippen molar-refractivity contribution in [1.82, 2.24) is 4.90 Å². The molecule has 0 atom stereocenters. The summed E-state index contributed by atoms with van der Waals surface area (Å²) in [5.41, 5.74) is 0. The molecule has 0 heterocycles. The van der Waals surface area contributed by atoms with Crippen LogP contribution in [-0.2, 0) is 19.1 Å². The van der Waals surface area contributed by atoms with E-state index in [9.17, 15) is 19.5 Å². The van der Waals surface area contributed by atoms with E-state index in [4.69, 9.17) is 4.74 Å². The summed E-state index contributed by atoms with van der Waals surface area (Å²) in [6.45, 7) is 7.64. The fraction of sp³-hybridized carbons (Fsp3) is 0.921. The summed E-state index contributed by atoms with van der Waals surface area (Å²) in [7, 11) is 0. The molecule has 0 aliphatic carbocycles. The zero-order valence-electron chi connectivity index (χ0n) is 29.5. The third-order valence-electron chi connectivity index (χ3n) is 8.74. The first kappa shape index (κ1) is 42.6. The maximum Gasteiger partial charge on any atom is 0.306 e. The molecule has 6 heteroatoms. The van der Waals surface area contributed by atoms with Crippen LogP contribution in [0.3, 0.4) is 0 Å². The number of nitrogens with zero attached hydrogens (tertiary/aromatic N) is 1. The van der Waals surface area contributed by atoms with Crippen molar-refractivity contribution in [2.45, 2.75) is 207 Å². The third-order valence-corrected chi connectivity index (χ3v) is 8.74. The molecule has 0 aromatic rings. The second-order valence-electron chi connectivity index (χ2n) is 13.0. The SMILES string of the molecule is CCCCCCCCC(CCCCCCCC)OC(=O)CCCCCCCN(CCO)C(=O)CCCCC(=O)CCCCC. The molecule has 0 bridgehead atoms. The predicted octanol–water partition coefficient (Wildman–Crippen LogP) is 10.3. The number of ether oxygens (including phenoxy) is 1. The van der Waals surface area contributed by atoms with Crippen LogP contribution in [0, 0.1) is 0 Å². The highest BCUT2D eigenvalue weighted by molar-refractivity contribution is 5.78. The summed E-state index contributed by atoms with van der Waals surface area (Å²) >= 11 is 0. The summed E-state index contributed by atoms with van der Waals surface area (Å²) in [5.74, 6) is 0.360. The van der Waals surface area contributed by atoms with E-state index in [1.54, 1.807) is 4.90 Å². The predicted molar refractivity (Wildman–Crippen MR) is 185 cm³/mol. The number of carbonyl (C=O) groups excluding carboxylic acids is 3. The van der Waals surface area contributed by atoms with Crippen molar-refractivity contribution in [2.24, 2.45) is 0 Å². The fourth-order valence-electron chi connectivity index (χ4n) is 5.85. The first-order valence-corrected chi connectivity index (χ1v) is 19.1.